The van der Waals surface area contributed by atoms with Crippen LogP contribution in [-0.2, 0) is 9.47 Å². The van der Waals surface area contributed by atoms with Crippen LogP contribution in [0.4, 0.5) is 4.79 Å². The fourth-order valence-corrected chi connectivity index (χ4v) is 3.66. The zero-order valence-corrected chi connectivity index (χ0v) is 15.2. The van der Waals surface area contributed by atoms with Crippen LogP contribution in [0.3, 0.4) is 0 Å². The molecule has 3 atom stereocenters. The number of benzene rings is 1. The number of carbonyl (C=O) groups is 1. The zero-order chi connectivity index (χ0) is 17.6. The molecule has 1 aromatic carbocycles. The molecule has 1 aromatic rings. The van der Waals surface area contributed by atoms with Gasteiger partial charge in [-0.2, -0.15) is 0 Å². The Labute approximate surface area is 150 Å². The monoisotopic (exact) mass is 347 g/mol. The Morgan fingerprint density at radius 1 is 1.16 bits per heavy atom. The molecule has 138 valence electrons. The molecule has 0 bridgehead atoms. The van der Waals surface area contributed by atoms with E-state index in [-0.39, 0.29) is 24.3 Å². The average Bonchev–Trinajstić information content (AvgIpc) is 2.63. The Hall–Kier alpha value is -1.63. The molecule has 1 N–H and O–H groups in total. The van der Waals surface area contributed by atoms with Gasteiger partial charge in [0.15, 0.2) is 0 Å². The first kappa shape index (κ1) is 18.2. The highest BCUT2D eigenvalue weighted by molar-refractivity contribution is 5.74. The van der Waals surface area contributed by atoms with Crippen LogP contribution in [0, 0.1) is 0 Å². The summed E-state index contributed by atoms with van der Waals surface area (Å²) in [5.74, 6) is 0. The van der Waals surface area contributed by atoms with Gasteiger partial charge in [0.05, 0.1) is 31.5 Å². The largest absolute Gasteiger partial charge is 0.379 e. The molecule has 2 fully saturated rings. The molecule has 2 aliphatic rings. The van der Waals surface area contributed by atoms with Crippen molar-refractivity contribution in [3.63, 3.8) is 0 Å². The van der Waals surface area contributed by atoms with E-state index in [1.165, 1.54) is 5.56 Å². The minimum absolute atomic E-state index is 0.00353. The van der Waals surface area contributed by atoms with Gasteiger partial charge in [-0.15, -0.1) is 0 Å². The summed E-state index contributed by atoms with van der Waals surface area (Å²) in [5, 5.41) is 3.14. The maximum absolute atomic E-state index is 12.6. The highest BCUT2D eigenvalue weighted by Gasteiger charge is 2.28. The number of rotatable bonds is 4. The molecule has 2 amide bonds. The van der Waals surface area contributed by atoms with Gasteiger partial charge < -0.3 is 19.7 Å². The lowest BCUT2D eigenvalue weighted by atomic mass is 10.0. The summed E-state index contributed by atoms with van der Waals surface area (Å²) in [6.45, 7) is 9.18. The van der Waals surface area contributed by atoms with Gasteiger partial charge in [0, 0.05) is 32.7 Å². The van der Waals surface area contributed by atoms with Gasteiger partial charge in [0.2, 0.25) is 0 Å². The van der Waals surface area contributed by atoms with Crippen molar-refractivity contribution in [2.24, 2.45) is 0 Å². The highest BCUT2D eigenvalue weighted by atomic mass is 16.5. The van der Waals surface area contributed by atoms with Crippen LogP contribution in [-0.4, -0.2) is 74.0 Å². The van der Waals surface area contributed by atoms with E-state index in [4.69, 9.17) is 9.47 Å². The third kappa shape index (κ3) is 4.93. The highest BCUT2D eigenvalue weighted by Crippen LogP contribution is 2.21. The average molecular weight is 347 g/mol. The first-order valence-corrected chi connectivity index (χ1v) is 9.18. The van der Waals surface area contributed by atoms with Crippen molar-refractivity contribution in [2.45, 2.75) is 32.1 Å². The van der Waals surface area contributed by atoms with E-state index < -0.39 is 0 Å². The van der Waals surface area contributed by atoms with Gasteiger partial charge in [-0.25, -0.2) is 4.79 Å². The van der Waals surface area contributed by atoms with E-state index in [1.807, 2.05) is 24.8 Å². The molecular weight excluding hydrogens is 318 g/mol. The van der Waals surface area contributed by atoms with Crippen LogP contribution in [0.2, 0.25) is 0 Å². The van der Waals surface area contributed by atoms with Crippen molar-refractivity contribution in [1.29, 1.82) is 0 Å². The quantitative estimate of drug-likeness (QED) is 0.904. The summed E-state index contributed by atoms with van der Waals surface area (Å²) in [6.07, 6.45) is 0.164. The first-order valence-electron chi connectivity index (χ1n) is 9.18. The maximum Gasteiger partial charge on any atom is 0.317 e. The van der Waals surface area contributed by atoms with Crippen LogP contribution in [0.25, 0.3) is 0 Å². The third-order valence-electron chi connectivity index (χ3n) is 4.82. The van der Waals surface area contributed by atoms with Gasteiger partial charge in [-0.05, 0) is 19.4 Å². The predicted molar refractivity (Wildman–Crippen MR) is 96.6 cm³/mol. The van der Waals surface area contributed by atoms with E-state index in [0.29, 0.717) is 19.6 Å². The van der Waals surface area contributed by atoms with E-state index in [2.05, 4.69) is 34.5 Å². The van der Waals surface area contributed by atoms with Gasteiger partial charge in [0.1, 0.15) is 0 Å². The van der Waals surface area contributed by atoms with Gasteiger partial charge in [-0.1, -0.05) is 30.3 Å². The fourth-order valence-electron chi connectivity index (χ4n) is 3.66. The second-order valence-electron chi connectivity index (χ2n) is 6.92. The summed E-state index contributed by atoms with van der Waals surface area (Å²) >= 11 is 0. The number of urea groups is 1. The van der Waals surface area contributed by atoms with Crippen molar-refractivity contribution >= 4 is 6.03 Å². The van der Waals surface area contributed by atoms with Gasteiger partial charge in [0.25, 0.3) is 0 Å². The SMILES string of the molecule is CC1CN(C(=O)NCC(c2ccccc2)N2CCOCC2)CC(C)O1. The lowest BCUT2D eigenvalue weighted by Crippen LogP contribution is -2.53. The van der Waals surface area contributed by atoms with Crippen molar-refractivity contribution in [1.82, 2.24) is 15.1 Å². The number of morpholine rings is 2. The van der Waals surface area contributed by atoms with Crippen LogP contribution in [0.15, 0.2) is 30.3 Å². The molecule has 0 spiro atoms. The van der Waals surface area contributed by atoms with Crippen molar-refractivity contribution in [2.75, 3.05) is 45.9 Å². The van der Waals surface area contributed by atoms with Crippen molar-refractivity contribution in [3.05, 3.63) is 35.9 Å². The minimum atomic E-state index is -0.00353. The molecular formula is C19H29N3O3. The first-order chi connectivity index (χ1) is 12.1. The maximum atomic E-state index is 12.6. The number of nitrogens with one attached hydrogen (secondary N) is 1. The Balaban J connectivity index is 1.63. The fraction of sp³-hybridized carbons (Fsp3) is 0.632. The van der Waals surface area contributed by atoms with Crippen LogP contribution in [0.1, 0.15) is 25.5 Å². The molecule has 2 saturated heterocycles. The Morgan fingerprint density at radius 3 is 2.44 bits per heavy atom. The molecule has 0 radical (unpaired) electrons. The topological polar surface area (TPSA) is 54.0 Å². The normalized spacial score (nSPS) is 26.2. The summed E-state index contributed by atoms with van der Waals surface area (Å²) in [7, 11) is 0. The molecule has 0 saturated carbocycles. The number of carbonyl (C=O) groups excluding carboxylic acids is 1. The lowest BCUT2D eigenvalue weighted by Gasteiger charge is -2.37. The minimum Gasteiger partial charge on any atom is -0.379 e. The number of amides is 2. The molecule has 6 heteroatoms. The number of nitrogens with zero attached hydrogens (tertiary/aromatic N) is 2. The molecule has 25 heavy (non-hydrogen) atoms. The van der Waals surface area contributed by atoms with E-state index in [0.717, 1.165) is 26.3 Å². The van der Waals surface area contributed by atoms with Crippen LogP contribution >= 0.6 is 0 Å². The number of ether oxygens (including phenoxy) is 2. The Morgan fingerprint density at radius 2 is 1.80 bits per heavy atom. The zero-order valence-electron chi connectivity index (χ0n) is 15.2. The summed E-state index contributed by atoms with van der Waals surface area (Å²) in [6, 6.07) is 10.6. The van der Waals surface area contributed by atoms with E-state index in [1.54, 1.807) is 0 Å². The smallest absolute Gasteiger partial charge is 0.317 e. The number of hydrogen-bond acceptors (Lipinski definition) is 4. The summed E-state index contributed by atoms with van der Waals surface area (Å²) in [4.78, 5) is 16.9. The molecule has 3 unspecified atom stereocenters. The summed E-state index contributed by atoms with van der Waals surface area (Å²) in [5.41, 5.74) is 1.23. The lowest BCUT2D eigenvalue weighted by molar-refractivity contribution is -0.0547. The van der Waals surface area contributed by atoms with E-state index >= 15 is 0 Å². The third-order valence-corrected chi connectivity index (χ3v) is 4.82. The van der Waals surface area contributed by atoms with E-state index in [9.17, 15) is 4.79 Å². The second-order valence-corrected chi connectivity index (χ2v) is 6.92. The Kier molecular flexibility index (Phi) is 6.29. The Bertz CT molecular complexity index is 538. The van der Waals surface area contributed by atoms with Gasteiger partial charge >= 0.3 is 6.03 Å². The second kappa shape index (κ2) is 8.65. The van der Waals surface area contributed by atoms with Crippen LogP contribution < -0.4 is 5.32 Å². The van der Waals surface area contributed by atoms with Crippen molar-refractivity contribution in [3.8, 4) is 0 Å². The molecule has 6 nitrogen and oxygen atoms in total. The summed E-state index contributed by atoms with van der Waals surface area (Å²) < 4.78 is 11.2. The van der Waals surface area contributed by atoms with Crippen molar-refractivity contribution < 1.29 is 14.3 Å². The van der Waals surface area contributed by atoms with Gasteiger partial charge in [-0.3, -0.25) is 4.90 Å². The molecule has 3 rings (SSSR count). The molecule has 0 aromatic heterocycles. The molecule has 2 heterocycles. The predicted octanol–water partition coefficient (Wildman–Crippen LogP) is 1.88. The number of hydrogen-bond donors (Lipinski definition) is 1. The standard InChI is InChI=1S/C19H29N3O3/c1-15-13-22(14-16(2)25-15)19(23)20-12-18(17-6-4-3-5-7-17)21-8-10-24-11-9-21/h3-7,15-16,18H,8-14H2,1-2H3,(H,20,23). The molecule has 2 aliphatic heterocycles. The van der Waals surface area contributed by atoms with Crippen LogP contribution in [0.5, 0.6) is 0 Å². The molecule has 0 aliphatic carbocycles.